The number of hydrogen-bond donors (Lipinski definition) is 4. The molecule has 0 aromatic carbocycles. The summed E-state index contributed by atoms with van der Waals surface area (Å²) in [5, 5.41) is 42.2. The fourth-order valence-corrected chi connectivity index (χ4v) is 8.27. The van der Waals surface area contributed by atoms with Crippen LogP contribution < -0.4 is 0 Å². The van der Waals surface area contributed by atoms with Crippen molar-refractivity contribution in [2.45, 2.75) is 76.9 Å². The molecule has 0 amide bonds. The number of aliphatic hydroxyl groups excluding tert-OH is 2. The minimum absolute atomic E-state index is 0.0760. The van der Waals surface area contributed by atoms with Crippen molar-refractivity contribution in [3.63, 3.8) is 0 Å². The van der Waals surface area contributed by atoms with Gasteiger partial charge < -0.3 is 20.4 Å². The van der Waals surface area contributed by atoms with Crippen LogP contribution in [0.1, 0.15) is 65.2 Å². The zero-order chi connectivity index (χ0) is 22.1. The molecule has 7 nitrogen and oxygen atoms in total. The van der Waals surface area contributed by atoms with Gasteiger partial charge in [0.15, 0.2) is 11.6 Å². The summed E-state index contributed by atoms with van der Waals surface area (Å²) in [6.45, 7) is 3.04. The highest BCUT2D eigenvalue weighted by atomic mass is 16.4. The van der Waals surface area contributed by atoms with E-state index in [0.717, 1.165) is 5.57 Å². The summed E-state index contributed by atoms with van der Waals surface area (Å²) in [7, 11) is 0. The minimum Gasteiger partial charge on any atom is -0.481 e. The highest BCUT2D eigenvalue weighted by Gasteiger charge is 2.73. The SMILES string of the molecule is C[C@]12CCC(=O)C=C1CC[C@]1(CC(=O)O)[C@@H]2[C@@H](O)C[C@@]2(C)[C@H]1CC[C@]2(O)C(=O)CO. The number of ketones is 2. The fourth-order valence-electron chi connectivity index (χ4n) is 8.27. The molecule has 0 radical (unpaired) electrons. The lowest BCUT2D eigenvalue weighted by atomic mass is 9.38. The second-order valence-corrected chi connectivity index (χ2v) is 10.6. The molecule has 0 heterocycles. The molecular weight excluding hydrogens is 388 g/mol. The van der Waals surface area contributed by atoms with E-state index in [0.29, 0.717) is 32.1 Å². The van der Waals surface area contributed by atoms with E-state index >= 15 is 0 Å². The average molecular weight is 421 g/mol. The predicted molar refractivity (Wildman–Crippen MR) is 106 cm³/mol. The molecule has 0 aromatic rings. The Morgan fingerprint density at radius 1 is 1.17 bits per heavy atom. The maximum absolute atomic E-state index is 12.6. The third kappa shape index (κ3) is 2.58. The minimum atomic E-state index is -1.77. The maximum atomic E-state index is 12.6. The number of hydrogen-bond acceptors (Lipinski definition) is 6. The van der Waals surface area contributed by atoms with Crippen molar-refractivity contribution in [3.8, 4) is 0 Å². The van der Waals surface area contributed by atoms with Crippen LogP contribution in [0.2, 0.25) is 0 Å². The molecule has 0 saturated heterocycles. The third-order valence-corrected chi connectivity index (χ3v) is 9.43. The lowest BCUT2D eigenvalue weighted by molar-refractivity contribution is -0.216. The Labute approximate surface area is 176 Å². The van der Waals surface area contributed by atoms with Gasteiger partial charge in [-0.2, -0.15) is 0 Å². The van der Waals surface area contributed by atoms with Gasteiger partial charge in [-0.15, -0.1) is 0 Å². The van der Waals surface area contributed by atoms with E-state index in [4.69, 9.17) is 0 Å². The lowest BCUT2D eigenvalue weighted by Gasteiger charge is -2.66. The van der Waals surface area contributed by atoms with Crippen molar-refractivity contribution in [1.29, 1.82) is 0 Å². The number of carboxylic acids is 1. The summed E-state index contributed by atoms with van der Waals surface area (Å²) in [6, 6.07) is 0. The Balaban J connectivity index is 1.88. The molecule has 4 aliphatic rings. The average Bonchev–Trinajstić information content (AvgIpc) is 2.93. The first-order valence-corrected chi connectivity index (χ1v) is 10.9. The number of rotatable bonds is 4. The van der Waals surface area contributed by atoms with Crippen molar-refractivity contribution in [3.05, 3.63) is 11.6 Å². The summed E-state index contributed by atoms with van der Waals surface area (Å²) < 4.78 is 0. The van der Waals surface area contributed by atoms with Gasteiger partial charge in [0.1, 0.15) is 12.2 Å². The molecule has 30 heavy (non-hydrogen) atoms. The van der Waals surface area contributed by atoms with Crippen LogP contribution in [0.25, 0.3) is 0 Å². The summed E-state index contributed by atoms with van der Waals surface area (Å²) in [6.07, 6.45) is 3.47. The summed E-state index contributed by atoms with van der Waals surface area (Å²) in [5.41, 5.74) is -3.06. The molecule has 7 atom stereocenters. The molecule has 4 aliphatic carbocycles. The van der Waals surface area contributed by atoms with Gasteiger partial charge in [0.2, 0.25) is 0 Å². The van der Waals surface area contributed by atoms with E-state index in [1.54, 1.807) is 13.0 Å². The molecule has 7 heteroatoms. The number of aliphatic hydroxyl groups is 3. The maximum Gasteiger partial charge on any atom is 0.303 e. The van der Waals surface area contributed by atoms with Crippen molar-refractivity contribution >= 4 is 17.5 Å². The van der Waals surface area contributed by atoms with E-state index in [1.165, 1.54) is 0 Å². The number of carbonyl (C=O) groups is 3. The van der Waals surface area contributed by atoms with Crippen molar-refractivity contribution in [1.82, 2.24) is 0 Å². The smallest absolute Gasteiger partial charge is 0.303 e. The highest BCUT2D eigenvalue weighted by molar-refractivity contribution is 5.92. The van der Waals surface area contributed by atoms with Crippen LogP contribution in [0.3, 0.4) is 0 Å². The number of allylic oxidation sites excluding steroid dienone is 1. The van der Waals surface area contributed by atoms with Crippen LogP contribution in [0.5, 0.6) is 0 Å². The van der Waals surface area contributed by atoms with Crippen LogP contribution >= 0.6 is 0 Å². The number of fused-ring (bicyclic) bond motifs is 5. The molecule has 4 N–H and O–H groups in total. The van der Waals surface area contributed by atoms with E-state index in [9.17, 15) is 34.8 Å². The first-order valence-electron chi connectivity index (χ1n) is 10.9. The number of aliphatic carboxylic acids is 1. The number of Topliss-reactive ketones (excluding diaryl/α,β-unsaturated/α-hetero) is 1. The molecule has 4 rings (SSSR count). The number of carboxylic acid groups (broad SMARTS) is 1. The Morgan fingerprint density at radius 2 is 1.87 bits per heavy atom. The standard InChI is InChI=1S/C23H32O7/c1-20-6-4-14(25)9-13(20)3-7-22(11-18(28)29)16-5-8-23(30,17(27)12-24)21(16,2)10-15(26)19(20)22/h9,15-16,19,24,26,30H,3-8,10-12H2,1-2H3,(H,28,29)/t15-,16+,19+,20-,21-,22+,23-/m0/s1. The van der Waals surface area contributed by atoms with Crippen molar-refractivity contribution < 1.29 is 34.8 Å². The quantitative estimate of drug-likeness (QED) is 0.543. The van der Waals surface area contributed by atoms with Gasteiger partial charge in [-0.1, -0.05) is 19.4 Å². The first-order chi connectivity index (χ1) is 13.9. The molecule has 0 unspecified atom stereocenters. The van der Waals surface area contributed by atoms with E-state index < -0.39 is 46.3 Å². The molecule has 166 valence electrons. The predicted octanol–water partition coefficient (Wildman–Crippen LogP) is 1.63. The Hall–Kier alpha value is -1.57. The molecule has 3 saturated carbocycles. The van der Waals surface area contributed by atoms with Crippen LogP contribution in [-0.2, 0) is 14.4 Å². The van der Waals surface area contributed by atoms with Crippen LogP contribution in [0.4, 0.5) is 0 Å². The van der Waals surface area contributed by atoms with Crippen molar-refractivity contribution in [2.24, 2.45) is 28.1 Å². The molecule has 0 spiro atoms. The van der Waals surface area contributed by atoms with Crippen molar-refractivity contribution in [2.75, 3.05) is 6.61 Å². The number of carbonyl (C=O) groups excluding carboxylic acids is 2. The largest absolute Gasteiger partial charge is 0.481 e. The van der Waals surface area contributed by atoms with Gasteiger partial charge in [-0.3, -0.25) is 14.4 Å². The van der Waals surface area contributed by atoms with Crippen LogP contribution in [-0.4, -0.2) is 56.3 Å². The fraction of sp³-hybridized carbons (Fsp3) is 0.783. The second-order valence-electron chi connectivity index (χ2n) is 10.6. The van der Waals surface area contributed by atoms with Gasteiger partial charge in [-0.25, -0.2) is 0 Å². The van der Waals surface area contributed by atoms with Gasteiger partial charge in [0, 0.05) is 17.8 Å². The molecular formula is C23H32O7. The normalized spacial score (nSPS) is 47.7. The summed E-state index contributed by atoms with van der Waals surface area (Å²) in [4.78, 5) is 36.7. The lowest BCUT2D eigenvalue weighted by Crippen LogP contribution is -2.66. The van der Waals surface area contributed by atoms with Gasteiger partial charge in [0.25, 0.3) is 0 Å². The Kier molecular flexibility index (Phi) is 4.84. The molecule has 0 aromatic heterocycles. The Morgan fingerprint density at radius 3 is 2.50 bits per heavy atom. The Bertz CT molecular complexity index is 833. The van der Waals surface area contributed by atoms with Crippen LogP contribution in [0.15, 0.2) is 11.6 Å². The van der Waals surface area contributed by atoms with E-state index in [-0.39, 0.29) is 36.9 Å². The second kappa shape index (κ2) is 6.71. The van der Waals surface area contributed by atoms with Crippen LogP contribution in [0, 0.1) is 28.1 Å². The zero-order valence-corrected chi connectivity index (χ0v) is 17.7. The monoisotopic (exact) mass is 420 g/mol. The molecule has 0 aliphatic heterocycles. The molecule has 3 fully saturated rings. The van der Waals surface area contributed by atoms with Gasteiger partial charge >= 0.3 is 5.97 Å². The van der Waals surface area contributed by atoms with Gasteiger partial charge in [-0.05, 0) is 61.3 Å². The topological polar surface area (TPSA) is 132 Å². The molecule has 0 bridgehead atoms. The van der Waals surface area contributed by atoms with E-state index in [2.05, 4.69) is 0 Å². The summed E-state index contributed by atoms with van der Waals surface area (Å²) >= 11 is 0. The first kappa shape index (κ1) is 21.7. The van der Waals surface area contributed by atoms with E-state index in [1.807, 2.05) is 6.92 Å². The highest BCUT2D eigenvalue weighted by Crippen LogP contribution is 2.73. The third-order valence-electron chi connectivity index (χ3n) is 9.43. The summed E-state index contributed by atoms with van der Waals surface area (Å²) in [5.74, 6) is -2.17. The zero-order valence-electron chi connectivity index (χ0n) is 17.7. The van der Waals surface area contributed by atoms with Gasteiger partial charge in [0.05, 0.1) is 12.5 Å².